The molecule has 4 nitrogen and oxygen atoms in total. The lowest BCUT2D eigenvalue weighted by Gasteiger charge is -2.25. The van der Waals surface area contributed by atoms with E-state index in [1.807, 2.05) is 50.1 Å². The first-order valence-electron chi connectivity index (χ1n) is 6.08. The summed E-state index contributed by atoms with van der Waals surface area (Å²) in [4.78, 5) is 13.4. The maximum atomic E-state index is 11.4. The van der Waals surface area contributed by atoms with Gasteiger partial charge in [-0.25, -0.2) is 0 Å². The van der Waals surface area contributed by atoms with Gasteiger partial charge < -0.3 is 9.47 Å². The van der Waals surface area contributed by atoms with E-state index in [0.29, 0.717) is 6.61 Å². The highest BCUT2D eigenvalue weighted by Crippen LogP contribution is 2.27. The molecule has 0 N–H and O–H groups in total. The third-order valence-corrected chi connectivity index (χ3v) is 2.93. The third kappa shape index (κ3) is 3.74. The van der Waals surface area contributed by atoms with E-state index < -0.39 is 0 Å². The minimum absolute atomic E-state index is 0.0885. The summed E-state index contributed by atoms with van der Waals surface area (Å²) in [5.74, 6) is 0.627. The lowest BCUT2D eigenvalue weighted by atomic mass is 10.1. The van der Waals surface area contributed by atoms with Gasteiger partial charge >= 0.3 is 5.97 Å². The van der Waals surface area contributed by atoms with Gasteiger partial charge in [-0.2, -0.15) is 0 Å². The molecule has 0 bridgehead atoms. The Morgan fingerprint density at radius 3 is 2.67 bits per heavy atom. The molecule has 1 rings (SSSR count). The quantitative estimate of drug-likeness (QED) is 0.727. The van der Waals surface area contributed by atoms with Gasteiger partial charge in [0.15, 0.2) is 0 Å². The van der Waals surface area contributed by atoms with E-state index in [2.05, 4.69) is 0 Å². The summed E-state index contributed by atoms with van der Waals surface area (Å²) in [7, 11) is 3.55. The minimum atomic E-state index is -0.207. The molecule has 0 radical (unpaired) electrons. The van der Waals surface area contributed by atoms with E-state index in [9.17, 15) is 4.79 Å². The highest BCUT2D eigenvalue weighted by molar-refractivity contribution is 5.71. The van der Waals surface area contributed by atoms with Crippen molar-refractivity contribution in [2.24, 2.45) is 0 Å². The Morgan fingerprint density at radius 2 is 2.06 bits per heavy atom. The molecule has 0 heterocycles. The Labute approximate surface area is 108 Å². The topological polar surface area (TPSA) is 38.8 Å². The molecule has 1 atom stereocenters. The van der Waals surface area contributed by atoms with Gasteiger partial charge in [-0.05, 0) is 27.0 Å². The van der Waals surface area contributed by atoms with Crippen LogP contribution in [0.5, 0.6) is 5.75 Å². The van der Waals surface area contributed by atoms with Crippen LogP contribution in [0.2, 0.25) is 0 Å². The number of nitrogens with zero attached hydrogens (tertiary/aromatic N) is 1. The first-order valence-corrected chi connectivity index (χ1v) is 6.08. The molecule has 100 valence electrons. The van der Waals surface area contributed by atoms with Gasteiger partial charge in [-0.1, -0.05) is 18.2 Å². The van der Waals surface area contributed by atoms with Crippen LogP contribution in [-0.4, -0.2) is 38.2 Å². The normalized spacial score (nSPS) is 12.3. The maximum absolute atomic E-state index is 11.4. The molecule has 0 spiro atoms. The Bertz CT molecular complexity index is 392. The molecule has 0 unspecified atom stereocenters. The number of hydrogen-bond acceptors (Lipinski definition) is 4. The molecule has 1 aromatic rings. The Balaban J connectivity index is 2.73. The summed E-state index contributed by atoms with van der Waals surface area (Å²) >= 11 is 0. The van der Waals surface area contributed by atoms with Crippen LogP contribution in [0, 0.1) is 0 Å². The van der Waals surface area contributed by atoms with E-state index in [-0.39, 0.29) is 18.6 Å². The number of likely N-dealkylation sites (N-methyl/N-ethyl adjacent to an activating group) is 1. The van der Waals surface area contributed by atoms with Crippen molar-refractivity contribution >= 4 is 5.97 Å². The molecule has 4 heteroatoms. The Morgan fingerprint density at radius 1 is 1.39 bits per heavy atom. The first kappa shape index (κ1) is 14.5. The molecule has 0 saturated heterocycles. The lowest BCUT2D eigenvalue weighted by Crippen LogP contribution is -2.30. The van der Waals surface area contributed by atoms with Crippen molar-refractivity contribution in [3.05, 3.63) is 29.8 Å². The van der Waals surface area contributed by atoms with Gasteiger partial charge in [-0.3, -0.25) is 9.69 Å². The molecular formula is C14H21NO3. The van der Waals surface area contributed by atoms with Crippen molar-refractivity contribution in [2.45, 2.75) is 19.9 Å². The van der Waals surface area contributed by atoms with Gasteiger partial charge in [0.25, 0.3) is 0 Å². The summed E-state index contributed by atoms with van der Waals surface area (Å²) in [5.41, 5.74) is 1.06. The number of carbonyl (C=O) groups is 1. The highest BCUT2D eigenvalue weighted by Gasteiger charge is 2.18. The summed E-state index contributed by atoms with van der Waals surface area (Å²) in [6.45, 7) is 4.53. The molecule has 0 aliphatic heterocycles. The van der Waals surface area contributed by atoms with Crippen molar-refractivity contribution < 1.29 is 14.3 Å². The van der Waals surface area contributed by atoms with Crippen LogP contribution in [0.15, 0.2) is 24.3 Å². The number of esters is 1. The van der Waals surface area contributed by atoms with Gasteiger partial charge in [0.05, 0.1) is 20.3 Å². The molecule has 0 aliphatic rings. The largest absolute Gasteiger partial charge is 0.496 e. The average Bonchev–Trinajstić information content (AvgIpc) is 2.38. The van der Waals surface area contributed by atoms with Gasteiger partial charge in [0, 0.05) is 11.6 Å². The number of ether oxygens (including phenoxy) is 2. The number of rotatable bonds is 6. The average molecular weight is 251 g/mol. The third-order valence-electron chi connectivity index (χ3n) is 2.93. The van der Waals surface area contributed by atoms with Crippen molar-refractivity contribution in [1.82, 2.24) is 4.90 Å². The van der Waals surface area contributed by atoms with Crippen LogP contribution < -0.4 is 4.74 Å². The van der Waals surface area contributed by atoms with Crippen LogP contribution in [0.4, 0.5) is 0 Å². The van der Waals surface area contributed by atoms with E-state index in [0.717, 1.165) is 11.3 Å². The molecule has 0 amide bonds. The number of hydrogen-bond donors (Lipinski definition) is 0. The molecule has 1 aromatic carbocycles. The van der Waals surface area contributed by atoms with Gasteiger partial charge in [-0.15, -0.1) is 0 Å². The first-order chi connectivity index (χ1) is 8.60. The monoisotopic (exact) mass is 251 g/mol. The van der Waals surface area contributed by atoms with E-state index in [4.69, 9.17) is 9.47 Å². The summed E-state index contributed by atoms with van der Waals surface area (Å²) in [5, 5.41) is 0. The zero-order valence-electron chi connectivity index (χ0n) is 11.5. The molecule has 0 fully saturated rings. The number of methoxy groups -OCH3 is 1. The number of para-hydroxylation sites is 1. The standard InChI is InChI=1S/C14H21NO3/c1-5-18-14(16)10-15(3)11(2)12-8-6-7-9-13(12)17-4/h6-9,11H,5,10H2,1-4H3/t11-/m1/s1. The van der Waals surface area contributed by atoms with Crippen LogP contribution in [-0.2, 0) is 9.53 Å². The molecule has 0 aliphatic carbocycles. The molecule has 0 aromatic heterocycles. The molecule has 18 heavy (non-hydrogen) atoms. The van der Waals surface area contributed by atoms with Crippen LogP contribution >= 0.6 is 0 Å². The number of benzene rings is 1. The minimum Gasteiger partial charge on any atom is -0.496 e. The van der Waals surface area contributed by atoms with E-state index >= 15 is 0 Å². The smallest absolute Gasteiger partial charge is 0.320 e. The lowest BCUT2D eigenvalue weighted by molar-refractivity contribution is -0.144. The second-order valence-corrected chi connectivity index (χ2v) is 4.14. The second kappa shape index (κ2) is 7.01. The molecular weight excluding hydrogens is 230 g/mol. The fourth-order valence-electron chi connectivity index (χ4n) is 1.80. The predicted molar refractivity (Wildman–Crippen MR) is 70.7 cm³/mol. The fourth-order valence-corrected chi connectivity index (χ4v) is 1.80. The van der Waals surface area contributed by atoms with Crippen LogP contribution in [0.3, 0.4) is 0 Å². The predicted octanol–water partition coefficient (Wildman–Crippen LogP) is 2.25. The van der Waals surface area contributed by atoms with Crippen LogP contribution in [0.1, 0.15) is 25.5 Å². The van der Waals surface area contributed by atoms with E-state index in [1.165, 1.54) is 0 Å². The second-order valence-electron chi connectivity index (χ2n) is 4.14. The Kier molecular flexibility index (Phi) is 5.65. The number of carbonyl (C=O) groups excluding carboxylic acids is 1. The van der Waals surface area contributed by atoms with E-state index in [1.54, 1.807) is 7.11 Å². The van der Waals surface area contributed by atoms with Gasteiger partial charge in [0.1, 0.15) is 5.75 Å². The highest BCUT2D eigenvalue weighted by atomic mass is 16.5. The van der Waals surface area contributed by atoms with Crippen molar-refractivity contribution in [1.29, 1.82) is 0 Å². The summed E-state index contributed by atoms with van der Waals surface area (Å²) in [6, 6.07) is 7.91. The van der Waals surface area contributed by atoms with Crippen LogP contribution in [0.25, 0.3) is 0 Å². The van der Waals surface area contributed by atoms with Gasteiger partial charge in [0.2, 0.25) is 0 Å². The Hall–Kier alpha value is -1.55. The van der Waals surface area contributed by atoms with Crippen molar-refractivity contribution in [2.75, 3.05) is 27.3 Å². The maximum Gasteiger partial charge on any atom is 0.320 e. The SMILES string of the molecule is CCOC(=O)CN(C)[C@H](C)c1ccccc1OC. The summed E-state index contributed by atoms with van der Waals surface area (Å²) < 4.78 is 10.3. The summed E-state index contributed by atoms with van der Waals surface area (Å²) in [6.07, 6.45) is 0. The zero-order chi connectivity index (χ0) is 13.5. The van der Waals surface area contributed by atoms with Crippen molar-refractivity contribution in [3.63, 3.8) is 0 Å². The fraction of sp³-hybridized carbons (Fsp3) is 0.500. The van der Waals surface area contributed by atoms with Crippen molar-refractivity contribution in [3.8, 4) is 5.75 Å². The molecule has 0 saturated carbocycles. The zero-order valence-corrected chi connectivity index (χ0v) is 11.5.